The summed E-state index contributed by atoms with van der Waals surface area (Å²) >= 11 is 0. The maximum absolute atomic E-state index is 14.2. The Bertz CT molecular complexity index is 557. The van der Waals surface area contributed by atoms with E-state index >= 15 is 0 Å². The third-order valence-electron chi connectivity index (χ3n) is 3.79. The lowest BCUT2D eigenvalue weighted by Gasteiger charge is -2.27. The van der Waals surface area contributed by atoms with Gasteiger partial charge in [0.25, 0.3) is 5.91 Å². The maximum atomic E-state index is 14.2. The van der Waals surface area contributed by atoms with E-state index in [9.17, 15) is 14.0 Å². The topological polar surface area (TPSA) is 58.6 Å². The quantitative estimate of drug-likeness (QED) is 0.819. The number of nitrogens with zero attached hydrogens (tertiary/aromatic N) is 1. The lowest BCUT2D eigenvalue weighted by Crippen LogP contribution is -2.41. The van der Waals surface area contributed by atoms with Crippen LogP contribution in [0.1, 0.15) is 43.0 Å². The molecule has 2 rings (SSSR count). The number of carbonyl (C=O) groups is 2. The van der Waals surface area contributed by atoms with E-state index in [1.54, 1.807) is 11.0 Å². The van der Waals surface area contributed by atoms with E-state index in [0.717, 1.165) is 19.3 Å². The Labute approximate surface area is 135 Å². The number of carbonyl (C=O) groups excluding carboxylic acids is 2. The zero-order valence-electron chi connectivity index (χ0n) is 13.4. The van der Waals surface area contributed by atoms with Crippen molar-refractivity contribution in [3.8, 4) is 0 Å². The summed E-state index contributed by atoms with van der Waals surface area (Å²) in [7, 11) is 0. The molecule has 1 aromatic rings. The molecule has 5 nitrogen and oxygen atoms in total. The highest BCUT2D eigenvalue weighted by molar-refractivity contribution is 5.96. The first-order valence-corrected chi connectivity index (χ1v) is 8.08. The van der Waals surface area contributed by atoms with Crippen LogP contribution in [0.15, 0.2) is 18.2 Å². The van der Waals surface area contributed by atoms with Crippen LogP contribution in [-0.4, -0.2) is 43.0 Å². The van der Waals surface area contributed by atoms with Gasteiger partial charge in [-0.2, -0.15) is 0 Å². The minimum atomic E-state index is -0.618. The highest BCUT2D eigenvalue weighted by atomic mass is 19.1. The van der Waals surface area contributed by atoms with Gasteiger partial charge in [-0.05, 0) is 24.6 Å². The predicted octanol–water partition coefficient (Wildman–Crippen LogP) is 2.82. The Hall–Kier alpha value is -1.95. The number of nitrogens with one attached hydrogen (secondary N) is 1. The van der Waals surface area contributed by atoms with E-state index < -0.39 is 5.82 Å². The second-order valence-electron chi connectivity index (χ2n) is 5.60. The predicted molar refractivity (Wildman–Crippen MR) is 85.9 cm³/mol. The van der Waals surface area contributed by atoms with Crippen molar-refractivity contribution in [1.82, 2.24) is 4.90 Å². The van der Waals surface area contributed by atoms with E-state index in [0.29, 0.717) is 38.4 Å². The van der Waals surface area contributed by atoms with Crippen molar-refractivity contribution in [2.24, 2.45) is 0 Å². The van der Waals surface area contributed by atoms with E-state index in [2.05, 4.69) is 12.2 Å². The molecule has 6 heteroatoms. The van der Waals surface area contributed by atoms with Crippen LogP contribution in [0.5, 0.6) is 0 Å². The number of amides is 2. The monoisotopic (exact) mass is 322 g/mol. The number of morpholine rings is 1. The first kappa shape index (κ1) is 17.4. The van der Waals surface area contributed by atoms with Crippen molar-refractivity contribution in [1.29, 1.82) is 0 Å². The van der Waals surface area contributed by atoms with Crippen LogP contribution in [-0.2, 0) is 9.53 Å². The fourth-order valence-electron chi connectivity index (χ4n) is 2.46. The second kappa shape index (κ2) is 8.62. The van der Waals surface area contributed by atoms with Crippen LogP contribution in [0.25, 0.3) is 0 Å². The highest BCUT2D eigenvalue weighted by Crippen LogP contribution is 2.17. The molecule has 0 aliphatic carbocycles. The van der Waals surface area contributed by atoms with Gasteiger partial charge in [-0.25, -0.2) is 4.39 Å². The first-order chi connectivity index (χ1) is 11.1. The molecule has 2 amide bonds. The van der Waals surface area contributed by atoms with Crippen molar-refractivity contribution in [2.75, 3.05) is 31.6 Å². The van der Waals surface area contributed by atoms with Crippen LogP contribution in [0, 0.1) is 5.82 Å². The average molecular weight is 322 g/mol. The number of hydrogen-bond acceptors (Lipinski definition) is 3. The summed E-state index contributed by atoms with van der Waals surface area (Å²) in [4.78, 5) is 25.6. The fourth-order valence-corrected chi connectivity index (χ4v) is 2.46. The molecule has 0 spiro atoms. The molecule has 1 saturated heterocycles. The number of anilines is 1. The van der Waals surface area contributed by atoms with Crippen molar-refractivity contribution in [2.45, 2.75) is 32.6 Å². The van der Waals surface area contributed by atoms with E-state index in [1.165, 1.54) is 12.1 Å². The van der Waals surface area contributed by atoms with Crippen molar-refractivity contribution >= 4 is 17.5 Å². The molecule has 0 bridgehead atoms. The SMILES string of the molecule is CCCCCC(=O)Nc1ccc(C(=O)N2CCOCC2)c(F)c1. The van der Waals surface area contributed by atoms with Crippen molar-refractivity contribution in [3.05, 3.63) is 29.6 Å². The number of rotatable bonds is 6. The van der Waals surface area contributed by atoms with Gasteiger partial charge in [0.05, 0.1) is 18.8 Å². The Morgan fingerprint density at radius 2 is 2.00 bits per heavy atom. The molecule has 1 N–H and O–H groups in total. The number of benzene rings is 1. The van der Waals surface area contributed by atoms with E-state index in [1.807, 2.05) is 0 Å². The third-order valence-corrected chi connectivity index (χ3v) is 3.79. The second-order valence-corrected chi connectivity index (χ2v) is 5.60. The lowest BCUT2D eigenvalue weighted by atomic mass is 10.1. The van der Waals surface area contributed by atoms with Crippen LogP contribution in [0.2, 0.25) is 0 Å². The molecule has 1 aliphatic rings. The van der Waals surface area contributed by atoms with Gasteiger partial charge < -0.3 is 15.0 Å². The Morgan fingerprint density at radius 3 is 2.65 bits per heavy atom. The molecule has 0 unspecified atom stereocenters. The Kier molecular flexibility index (Phi) is 6.52. The number of hydrogen-bond donors (Lipinski definition) is 1. The van der Waals surface area contributed by atoms with Gasteiger partial charge in [-0.15, -0.1) is 0 Å². The molecular weight excluding hydrogens is 299 g/mol. The smallest absolute Gasteiger partial charge is 0.256 e. The van der Waals surface area contributed by atoms with Gasteiger partial charge >= 0.3 is 0 Å². The molecule has 1 heterocycles. The summed E-state index contributed by atoms with van der Waals surface area (Å²) in [5.41, 5.74) is 0.401. The van der Waals surface area contributed by atoms with Gasteiger partial charge in [0.15, 0.2) is 0 Å². The van der Waals surface area contributed by atoms with Crippen LogP contribution in [0.3, 0.4) is 0 Å². The third kappa shape index (κ3) is 5.03. The van der Waals surface area contributed by atoms with Gasteiger partial charge in [0.1, 0.15) is 5.82 Å². The van der Waals surface area contributed by atoms with Gasteiger partial charge in [-0.3, -0.25) is 9.59 Å². The van der Waals surface area contributed by atoms with Crippen LogP contribution >= 0.6 is 0 Å². The van der Waals surface area contributed by atoms with E-state index in [4.69, 9.17) is 4.74 Å². The average Bonchev–Trinajstić information content (AvgIpc) is 2.55. The Morgan fingerprint density at radius 1 is 1.26 bits per heavy atom. The molecule has 0 radical (unpaired) electrons. The van der Waals surface area contributed by atoms with Crippen LogP contribution in [0.4, 0.5) is 10.1 Å². The summed E-state index contributed by atoms with van der Waals surface area (Å²) in [5, 5.41) is 2.66. The summed E-state index contributed by atoms with van der Waals surface area (Å²) in [6, 6.07) is 4.19. The van der Waals surface area contributed by atoms with Gasteiger partial charge in [0, 0.05) is 25.2 Å². The number of unbranched alkanes of at least 4 members (excludes halogenated alkanes) is 2. The molecule has 0 saturated carbocycles. The highest BCUT2D eigenvalue weighted by Gasteiger charge is 2.21. The standard InChI is InChI=1S/C17H23FN2O3/c1-2-3-4-5-16(21)19-13-6-7-14(15(18)12-13)17(22)20-8-10-23-11-9-20/h6-7,12H,2-5,8-11H2,1H3,(H,19,21). The molecular formula is C17H23FN2O3. The lowest BCUT2D eigenvalue weighted by molar-refractivity contribution is -0.116. The van der Waals surface area contributed by atoms with Gasteiger partial charge in [0.2, 0.25) is 5.91 Å². The molecule has 126 valence electrons. The minimum absolute atomic E-state index is 0.0240. The maximum Gasteiger partial charge on any atom is 0.256 e. The molecule has 23 heavy (non-hydrogen) atoms. The molecule has 0 aromatic heterocycles. The normalized spacial score (nSPS) is 14.6. The number of halogens is 1. The molecule has 1 aliphatic heterocycles. The minimum Gasteiger partial charge on any atom is -0.378 e. The first-order valence-electron chi connectivity index (χ1n) is 8.08. The van der Waals surface area contributed by atoms with Gasteiger partial charge in [-0.1, -0.05) is 19.8 Å². The van der Waals surface area contributed by atoms with E-state index in [-0.39, 0.29) is 17.4 Å². The largest absolute Gasteiger partial charge is 0.378 e. The summed E-state index contributed by atoms with van der Waals surface area (Å²) in [6.07, 6.45) is 3.28. The van der Waals surface area contributed by atoms with Crippen molar-refractivity contribution in [3.63, 3.8) is 0 Å². The molecule has 1 aromatic carbocycles. The zero-order chi connectivity index (χ0) is 16.7. The summed E-state index contributed by atoms with van der Waals surface area (Å²) in [6.45, 7) is 3.94. The fraction of sp³-hybridized carbons (Fsp3) is 0.529. The summed E-state index contributed by atoms with van der Waals surface area (Å²) in [5.74, 6) is -1.09. The molecule has 1 fully saturated rings. The Balaban J connectivity index is 1.97. The summed E-state index contributed by atoms with van der Waals surface area (Å²) < 4.78 is 19.4. The number of ether oxygens (including phenoxy) is 1. The zero-order valence-corrected chi connectivity index (χ0v) is 13.4. The molecule has 0 atom stereocenters. The van der Waals surface area contributed by atoms with Crippen LogP contribution < -0.4 is 5.32 Å². The van der Waals surface area contributed by atoms with Crippen molar-refractivity contribution < 1.29 is 18.7 Å².